The van der Waals surface area contributed by atoms with Crippen molar-refractivity contribution < 1.29 is 4.79 Å². The molecule has 0 spiro atoms. The Labute approximate surface area is 149 Å². The third kappa shape index (κ3) is 4.16. The molecule has 132 valence electrons. The zero-order valence-electron chi connectivity index (χ0n) is 15.2. The van der Waals surface area contributed by atoms with Crippen molar-refractivity contribution in [2.24, 2.45) is 5.92 Å². The van der Waals surface area contributed by atoms with Crippen molar-refractivity contribution in [3.8, 4) is 0 Å². The summed E-state index contributed by atoms with van der Waals surface area (Å²) in [5.74, 6) is 1.74. The first-order valence-electron chi connectivity index (χ1n) is 9.02. The second kappa shape index (κ2) is 7.64. The van der Waals surface area contributed by atoms with E-state index >= 15 is 0 Å². The molecule has 1 aliphatic heterocycles. The lowest BCUT2D eigenvalue weighted by Gasteiger charge is -2.30. The van der Waals surface area contributed by atoms with Crippen LogP contribution in [-0.2, 0) is 0 Å². The number of rotatable bonds is 4. The van der Waals surface area contributed by atoms with Gasteiger partial charge in [0.15, 0.2) is 0 Å². The Morgan fingerprint density at radius 3 is 2.52 bits per heavy atom. The minimum atomic E-state index is -0.223. The predicted octanol–water partition coefficient (Wildman–Crippen LogP) is 4.09. The van der Waals surface area contributed by atoms with Gasteiger partial charge in [0.25, 0.3) is 5.91 Å². The molecule has 1 N–H and O–H groups in total. The predicted molar refractivity (Wildman–Crippen MR) is 101 cm³/mol. The van der Waals surface area contributed by atoms with Crippen LogP contribution in [0.2, 0.25) is 0 Å². The van der Waals surface area contributed by atoms with Gasteiger partial charge >= 0.3 is 0 Å². The maximum Gasteiger partial charge on any atom is 0.275 e. The lowest BCUT2D eigenvalue weighted by Crippen LogP contribution is -2.33. The molecule has 1 fully saturated rings. The van der Waals surface area contributed by atoms with Crippen molar-refractivity contribution in [1.29, 1.82) is 0 Å². The molecule has 2 aromatic rings. The summed E-state index contributed by atoms with van der Waals surface area (Å²) in [6.07, 6.45) is 5.63. The molecule has 0 aliphatic carbocycles. The van der Waals surface area contributed by atoms with Gasteiger partial charge in [0.1, 0.15) is 11.5 Å². The van der Waals surface area contributed by atoms with Gasteiger partial charge in [-0.3, -0.25) is 4.79 Å². The molecule has 5 nitrogen and oxygen atoms in total. The number of carbonyl (C=O) groups excluding carboxylic acids is 1. The summed E-state index contributed by atoms with van der Waals surface area (Å²) in [5, 5.41) is 2.96. The molecule has 3 rings (SSSR count). The molecule has 5 heteroatoms. The topological polar surface area (TPSA) is 58.1 Å². The summed E-state index contributed by atoms with van der Waals surface area (Å²) in [6.45, 7) is 8.51. The number of anilines is 2. The van der Waals surface area contributed by atoms with Gasteiger partial charge in [-0.15, -0.1) is 0 Å². The molecule has 0 unspecified atom stereocenters. The van der Waals surface area contributed by atoms with E-state index in [0.717, 1.165) is 36.1 Å². The molecular formula is C20H26N4O. The Morgan fingerprint density at radius 1 is 1.16 bits per heavy atom. The number of hydrogen-bond acceptors (Lipinski definition) is 4. The maximum absolute atomic E-state index is 12.5. The van der Waals surface area contributed by atoms with Gasteiger partial charge in [-0.25, -0.2) is 9.97 Å². The molecule has 1 amide bonds. The van der Waals surface area contributed by atoms with Gasteiger partial charge in [-0.1, -0.05) is 39.0 Å². The van der Waals surface area contributed by atoms with Crippen LogP contribution in [0.1, 0.15) is 55.6 Å². The number of para-hydroxylation sites is 1. The van der Waals surface area contributed by atoms with E-state index in [2.05, 4.69) is 41.0 Å². The molecular weight excluding hydrogens is 312 g/mol. The van der Waals surface area contributed by atoms with Crippen LogP contribution in [-0.4, -0.2) is 29.0 Å². The third-order valence-corrected chi connectivity index (χ3v) is 4.81. The number of carbonyl (C=O) groups is 1. The highest BCUT2D eigenvalue weighted by Gasteiger charge is 2.18. The number of piperidine rings is 1. The molecule has 1 aliphatic rings. The largest absolute Gasteiger partial charge is 0.355 e. The molecule has 1 aromatic carbocycles. The summed E-state index contributed by atoms with van der Waals surface area (Å²) in [4.78, 5) is 23.5. The number of nitrogens with zero attached hydrogens (tertiary/aromatic N) is 3. The summed E-state index contributed by atoms with van der Waals surface area (Å²) < 4.78 is 0. The van der Waals surface area contributed by atoms with Crippen LogP contribution in [0.5, 0.6) is 0 Å². The highest BCUT2D eigenvalue weighted by molar-refractivity contribution is 6.03. The molecule has 25 heavy (non-hydrogen) atoms. The molecule has 0 radical (unpaired) electrons. The Kier molecular flexibility index (Phi) is 5.31. The number of amides is 1. The summed E-state index contributed by atoms with van der Waals surface area (Å²) in [7, 11) is 0. The normalized spacial score (nSPS) is 15.4. The van der Waals surface area contributed by atoms with Gasteiger partial charge < -0.3 is 10.2 Å². The Bertz CT molecular complexity index is 719. The standard InChI is InChI=1S/C20H26N4O/c1-14(2)16-6-4-5-7-17(16)23-20(25)18-12-22-19(13-21-18)24-10-8-15(3)9-11-24/h4-7,12-15H,8-11H2,1-3H3,(H,23,25). The SMILES string of the molecule is CC1CCN(c2cnc(C(=O)Nc3ccccc3C(C)C)cn2)CC1. The van der Waals surface area contributed by atoms with Crippen LogP contribution in [0.25, 0.3) is 0 Å². The van der Waals surface area contributed by atoms with Crippen molar-refractivity contribution in [2.75, 3.05) is 23.3 Å². The minimum absolute atomic E-state index is 0.223. The Balaban J connectivity index is 1.69. The summed E-state index contributed by atoms with van der Waals surface area (Å²) in [5.41, 5.74) is 2.29. The van der Waals surface area contributed by atoms with Gasteiger partial charge in [-0.05, 0) is 36.3 Å². The Morgan fingerprint density at radius 2 is 1.88 bits per heavy atom. The first kappa shape index (κ1) is 17.4. The van der Waals surface area contributed by atoms with Crippen LogP contribution in [0, 0.1) is 5.92 Å². The van der Waals surface area contributed by atoms with Crippen molar-refractivity contribution >= 4 is 17.4 Å². The van der Waals surface area contributed by atoms with E-state index in [1.807, 2.05) is 24.3 Å². The van der Waals surface area contributed by atoms with Gasteiger partial charge in [0, 0.05) is 18.8 Å². The Hall–Kier alpha value is -2.43. The van der Waals surface area contributed by atoms with Gasteiger partial charge in [0.2, 0.25) is 0 Å². The average molecular weight is 338 g/mol. The smallest absolute Gasteiger partial charge is 0.275 e. The molecule has 2 heterocycles. The molecule has 1 aromatic heterocycles. The second-order valence-electron chi connectivity index (χ2n) is 7.13. The quantitative estimate of drug-likeness (QED) is 0.912. The maximum atomic E-state index is 12.5. The average Bonchev–Trinajstić information content (AvgIpc) is 2.63. The first-order valence-corrected chi connectivity index (χ1v) is 9.02. The fourth-order valence-electron chi connectivity index (χ4n) is 3.14. The van der Waals surface area contributed by atoms with E-state index in [-0.39, 0.29) is 5.91 Å². The van der Waals surface area contributed by atoms with E-state index in [1.54, 1.807) is 12.4 Å². The molecule has 1 saturated heterocycles. The van der Waals surface area contributed by atoms with Crippen LogP contribution in [0.3, 0.4) is 0 Å². The third-order valence-electron chi connectivity index (χ3n) is 4.81. The molecule has 0 bridgehead atoms. The number of nitrogens with one attached hydrogen (secondary N) is 1. The second-order valence-corrected chi connectivity index (χ2v) is 7.13. The highest BCUT2D eigenvalue weighted by Crippen LogP contribution is 2.24. The van der Waals surface area contributed by atoms with Crippen LogP contribution in [0.15, 0.2) is 36.7 Å². The number of hydrogen-bond donors (Lipinski definition) is 1. The summed E-state index contributed by atoms with van der Waals surface area (Å²) >= 11 is 0. The van der Waals surface area contributed by atoms with Crippen molar-refractivity contribution in [1.82, 2.24) is 9.97 Å². The zero-order chi connectivity index (χ0) is 17.8. The van der Waals surface area contributed by atoms with E-state index < -0.39 is 0 Å². The van der Waals surface area contributed by atoms with E-state index in [4.69, 9.17) is 0 Å². The molecule has 0 saturated carbocycles. The van der Waals surface area contributed by atoms with Crippen molar-refractivity contribution in [2.45, 2.75) is 39.5 Å². The van der Waals surface area contributed by atoms with Gasteiger partial charge in [-0.2, -0.15) is 0 Å². The number of aromatic nitrogens is 2. The zero-order valence-corrected chi connectivity index (χ0v) is 15.2. The fourth-order valence-corrected chi connectivity index (χ4v) is 3.14. The summed E-state index contributed by atoms with van der Waals surface area (Å²) in [6, 6.07) is 7.86. The number of benzene rings is 1. The highest BCUT2D eigenvalue weighted by atomic mass is 16.1. The molecule has 0 atom stereocenters. The van der Waals surface area contributed by atoms with Crippen LogP contribution >= 0.6 is 0 Å². The minimum Gasteiger partial charge on any atom is -0.355 e. The van der Waals surface area contributed by atoms with Crippen LogP contribution in [0.4, 0.5) is 11.5 Å². The lowest BCUT2D eigenvalue weighted by atomic mass is 9.99. The van der Waals surface area contributed by atoms with E-state index in [9.17, 15) is 4.79 Å². The van der Waals surface area contributed by atoms with E-state index in [1.165, 1.54) is 12.8 Å². The van der Waals surface area contributed by atoms with Gasteiger partial charge in [0.05, 0.1) is 12.4 Å². The van der Waals surface area contributed by atoms with Crippen molar-refractivity contribution in [3.05, 3.63) is 47.9 Å². The van der Waals surface area contributed by atoms with Crippen molar-refractivity contribution in [3.63, 3.8) is 0 Å². The van der Waals surface area contributed by atoms with Crippen LogP contribution < -0.4 is 10.2 Å². The lowest BCUT2D eigenvalue weighted by molar-refractivity contribution is 0.102. The van der Waals surface area contributed by atoms with E-state index in [0.29, 0.717) is 11.6 Å². The fraction of sp³-hybridized carbons (Fsp3) is 0.450. The monoisotopic (exact) mass is 338 g/mol. The first-order chi connectivity index (χ1) is 12.0.